The number of carbonyl (C=O) groups excluding carboxylic acids is 3. The van der Waals surface area contributed by atoms with Gasteiger partial charge >= 0.3 is 18.3 Å². The average Bonchev–Trinajstić information content (AvgIpc) is 3.41. The topological polar surface area (TPSA) is 82.2 Å². The second-order valence-electron chi connectivity index (χ2n) is 10.8. The van der Waals surface area contributed by atoms with Crippen molar-refractivity contribution in [2.75, 3.05) is 39.2 Å². The zero-order valence-electron chi connectivity index (χ0n) is 23.5. The molecule has 1 aliphatic heterocycles. The predicted molar refractivity (Wildman–Crippen MR) is 152 cm³/mol. The number of carbonyl (C=O) groups is 3. The molecule has 2 fully saturated rings. The molecule has 0 aromatic heterocycles. The lowest BCUT2D eigenvalue weighted by Gasteiger charge is -2.33. The van der Waals surface area contributed by atoms with Crippen LogP contribution in [0.3, 0.4) is 0 Å². The highest BCUT2D eigenvalue weighted by Gasteiger charge is 2.43. The smallest absolute Gasteiger partial charge is 0.416 e. The number of benzene rings is 2. The van der Waals surface area contributed by atoms with E-state index in [-0.39, 0.29) is 40.5 Å². The number of hydrogen-bond acceptors (Lipinski definition) is 4. The lowest BCUT2D eigenvalue weighted by atomic mass is 9.85. The van der Waals surface area contributed by atoms with E-state index in [1.807, 2.05) is 0 Å². The molecule has 8 nitrogen and oxygen atoms in total. The monoisotopic (exact) mass is 656 g/mol. The maximum atomic E-state index is 13.7. The Hall–Kier alpha value is -3.35. The second kappa shape index (κ2) is 12.9. The summed E-state index contributed by atoms with van der Waals surface area (Å²) in [6.07, 6.45) is -2.69. The average molecular weight is 658 g/mol. The molecule has 0 radical (unpaired) electrons. The van der Waals surface area contributed by atoms with Crippen LogP contribution in [0.25, 0.3) is 0 Å². The molecule has 1 aliphatic carbocycles. The van der Waals surface area contributed by atoms with Gasteiger partial charge in [0.15, 0.2) is 0 Å². The number of alkyl carbamates (subject to hydrolysis) is 1. The fourth-order valence-corrected chi connectivity index (χ4v) is 6.27. The van der Waals surface area contributed by atoms with Crippen molar-refractivity contribution >= 4 is 39.6 Å². The molecule has 2 atom stereocenters. The van der Waals surface area contributed by atoms with Crippen molar-refractivity contribution in [2.45, 2.75) is 49.9 Å². The van der Waals surface area contributed by atoms with E-state index in [0.29, 0.717) is 32.2 Å². The SMILES string of the molecule is COC(=O)N[C@H]1CC[C@H](C(=O)N2C[C@@H](N(C)C(=O)N(C)c3cc(Br)cc(C(F)(F)F)c3)[C@H](c3ccc(F)cc3)C2)CC1. The number of urea groups is 1. The van der Waals surface area contributed by atoms with Gasteiger partial charge in [-0.05, 0) is 61.6 Å². The summed E-state index contributed by atoms with van der Waals surface area (Å²) >= 11 is 3.10. The number of anilines is 1. The third kappa shape index (κ3) is 7.16. The number of likely N-dealkylation sites (tertiary alicyclic amines) is 1. The Morgan fingerprint density at radius 1 is 1.00 bits per heavy atom. The highest BCUT2D eigenvalue weighted by atomic mass is 79.9. The van der Waals surface area contributed by atoms with Crippen molar-refractivity contribution in [3.05, 3.63) is 63.9 Å². The van der Waals surface area contributed by atoms with Crippen molar-refractivity contribution in [3.8, 4) is 0 Å². The lowest BCUT2D eigenvalue weighted by molar-refractivity contribution is -0.137. The van der Waals surface area contributed by atoms with E-state index < -0.39 is 35.7 Å². The van der Waals surface area contributed by atoms with Crippen molar-refractivity contribution in [1.82, 2.24) is 15.1 Å². The van der Waals surface area contributed by atoms with Gasteiger partial charge in [-0.25, -0.2) is 14.0 Å². The summed E-state index contributed by atoms with van der Waals surface area (Å²) in [6.45, 7) is 0.509. The summed E-state index contributed by atoms with van der Waals surface area (Å²) in [5, 5.41) is 2.77. The number of halogens is 5. The summed E-state index contributed by atoms with van der Waals surface area (Å²) < 4.78 is 58.8. The Morgan fingerprint density at radius 3 is 2.24 bits per heavy atom. The van der Waals surface area contributed by atoms with E-state index in [1.165, 1.54) is 37.3 Å². The first-order chi connectivity index (χ1) is 19.8. The van der Waals surface area contributed by atoms with Gasteiger partial charge in [-0.3, -0.25) is 9.69 Å². The molecule has 1 heterocycles. The molecule has 228 valence electrons. The van der Waals surface area contributed by atoms with Crippen molar-refractivity contribution in [3.63, 3.8) is 0 Å². The molecule has 0 bridgehead atoms. The summed E-state index contributed by atoms with van der Waals surface area (Å²) in [7, 11) is 4.25. The Bertz CT molecular complexity index is 1300. The van der Waals surface area contributed by atoms with Gasteiger partial charge < -0.3 is 19.9 Å². The largest absolute Gasteiger partial charge is 0.453 e. The van der Waals surface area contributed by atoms with Crippen molar-refractivity contribution < 1.29 is 36.7 Å². The van der Waals surface area contributed by atoms with Crippen molar-refractivity contribution in [1.29, 1.82) is 0 Å². The number of likely N-dealkylation sites (N-methyl/N-ethyl adjacent to an activating group) is 1. The summed E-state index contributed by atoms with van der Waals surface area (Å²) in [6, 6.07) is 8.01. The normalized spacial score (nSPS) is 22.4. The van der Waals surface area contributed by atoms with Crippen LogP contribution in [0.1, 0.15) is 42.7 Å². The first-order valence-electron chi connectivity index (χ1n) is 13.6. The minimum atomic E-state index is -4.59. The molecule has 2 aromatic carbocycles. The van der Waals surface area contributed by atoms with Crippen LogP contribution in [0.4, 0.5) is 32.8 Å². The Balaban J connectivity index is 1.53. The van der Waals surface area contributed by atoms with Crippen LogP contribution in [0.15, 0.2) is 46.9 Å². The van der Waals surface area contributed by atoms with Gasteiger partial charge in [0.25, 0.3) is 0 Å². The maximum Gasteiger partial charge on any atom is 0.416 e. The van der Waals surface area contributed by atoms with Gasteiger partial charge in [0.05, 0.1) is 18.7 Å². The third-order valence-corrected chi connectivity index (χ3v) is 8.62. The van der Waals surface area contributed by atoms with Crippen molar-refractivity contribution in [2.24, 2.45) is 5.92 Å². The van der Waals surface area contributed by atoms with Gasteiger partial charge in [-0.15, -0.1) is 0 Å². The first-order valence-corrected chi connectivity index (χ1v) is 14.3. The highest BCUT2D eigenvalue weighted by Crippen LogP contribution is 2.37. The van der Waals surface area contributed by atoms with Crippen LogP contribution in [0.2, 0.25) is 0 Å². The minimum Gasteiger partial charge on any atom is -0.453 e. The Morgan fingerprint density at radius 2 is 1.64 bits per heavy atom. The number of hydrogen-bond donors (Lipinski definition) is 1. The molecular weight excluding hydrogens is 624 g/mol. The molecule has 4 amide bonds. The van der Waals surface area contributed by atoms with E-state index >= 15 is 0 Å². The molecule has 1 N–H and O–H groups in total. The van der Waals surface area contributed by atoms with Crippen LogP contribution < -0.4 is 10.2 Å². The Labute approximate surface area is 250 Å². The molecule has 42 heavy (non-hydrogen) atoms. The second-order valence-corrected chi connectivity index (χ2v) is 11.7. The van der Waals surface area contributed by atoms with Gasteiger partial charge in [0, 0.05) is 55.2 Å². The van der Waals surface area contributed by atoms with Gasteiger partial charge in [0.2, 0.25) is 5.91 Å². The molecule has 1 saturated heterocycles. The summed E-state index contributed by atoms with van der Waals surface area (Å²) in [4.78, 5) is 43.1. The van der Waals surface area contributed by atoms with E-state index in [9.17, 15) is 31.9 Å². The summed E-state index contributed by atoms with van der Waals surface area (Å²) in [5.74, 6) is -1.07. The number of nitrogens with one attached hydrogen (secondary N) is 1. The number of nitrogens with zero attached hydrogens (tertiary/aromatic N) is 3. The van der Waals surface area contributed by atoms with Crippen LogP contribution >= 0.6 is 15.9 Å². The molecule has 4 rings (SSSR count). The number of alkyl halides is 3. The maximum absolute atomic E-state index is 13.7. The third-order valence-electron chi connectivity index (χ3n) is 8.17. The lowest BCUT2D eigenvalue weighted by Crippen LogP contribution is -2.48. The Kier molecular flexibility index (Phi) is 9.69. The molecule has 2 aromatic rings. The number of amides is 4. The molecule has 2 aliphatic rings. The van der Waals surface area contributed by atoms with Crippen LogP contribution in [0.5, 0.6) is 0 Å². The zero-order valence-corrected chi connectivity index (χ0v) is 25.0. The molecule has 0 unspecified atom stereocenters. The van der Waals surface area contributed by atoms with Gasteiger partial charge in [-0.1, -0.05) is 28.1 Å². The van der Waals surface area contributed by atoms with E-state index in [4.69, 9.17) is 0 Å². The molecule has 13 heteroatoms. The fourth-order valence-electron chi connectivity index (χ4n) is 5.79. The quantitative estimate of drug-likeness (QED) is 0.400. The van der Waals surface area contributed by atoms with E-state index in [1.54, 1.807) is 24.1 Å². The standard InChI is InChI=1S/C29H33BrF4N4O4/c1-36(23-13-19(29(32,33)34)12-20(30)14-23)28(41)37(2)25-16-38(15-24(25)17-4-8-21(31)9-5-17)26(39)18-6-10-22(11-7-18)35-27(40)42-3/h4-5,8-9,12-14,18,22,24-25H,6-7,10-11,15-16H2,1-3H3,(H,35,40)/t18-,22-,24-,25+/m0/s1. The minimum absolute atomic E-state index is 0.0511. The van der Waals surface area contributed by atoms with E-state index in [0.717, 1.165) is 22.6 Å². The highest BCUT2D eigenvalue weighted by molar-refractivity contribution is 9.10. The first kappa shape index (κ1) is 31.6. The van der Waals surface area contributed by atoms with E-state index in [2.05, 4.69) is 26.0 Å². The van der Waals surface area contributed by atoms with Gasteiger partial charge in [-0.2, -0.15) is 13.2 Å². The molecule has 0 spiro atoms. The van der Waals surface area contributed by atoms with Crippen LogP contribution in [-0.2, 0) is 15.7 Å². The number of rotatable bonds is 5. The van der Waals surface area contributed by atoms with Gasteiger partial charge in [0.1, 0.15) is 5.82 Å². The van der Waals surface area contributed by atoms with Crippen LogP contribution in [0, 0.1) is 11.7 Å². The molecule has 1 saturated carbocycles. The predicted octanol–water partition coefficient (Wildman–Crippen LogP) is 6.00. The zero-order chi connectivity index (χ0) is 30.8. The number of methoxy groups -OCH3 is 1. The fraction of sp³-hybridized carbons (Fsp3) is 0.483. The summed E-state index contributed by atoms with van der Waals surface area (Å²) in [5.41, 5.74) is -0.102. The number of ether oxygens (including phenoxy) is 1. The molecular formula is C29H33BrF4N4O4. The van der Waals surface area contributed by atoms with Crippen LogP contribution in [-0.4, -0.2) is 74.2 Å².